The fourth-order valence-corrected chi connectivity index (χ4v) is 4.20. The first-order valence-corrected chi connectivity index (χ1v) is 11.7. The van der Waals surface area contributed by atoms with Gasteiger partial charge in [0.1, 0.15) is 0 Å². The van der Waals surface area contributed by atoms with Crippen molar-refractivity contribution in [3.05, 3.63) is 58.1 Å². The summed E-state index contributed by atoms with van der Waals surface area (Å²) in [7, 11) is 0. The molecule has 2 aromatic carbocycles. The van der Waals surface area contributed by atoms with Crippen LogP contribution in [0, 0.1) is 5.92 Å². The zero-order valence-electron chi connectivity index (χ0n) is 18.1. The Morgan fingerprint density at radius 3 is 2.39 bits per heavy atom. The van der Waals surface area contributed by atoms with Crippen molar-refractivity contribution in [2.45, 2.75) is 26.8 Å². The van der Waals surface area contributed by atoms with E-state index >= 15 is 0 Å². The number of piperazine rings is 1. The Hall–Kier alpha value is -2.08. The molecule has 1 aromatic heterocycles. The van der Waals surface area contributed by atoms with Crippen LogP contribution in [-0.2, 0) is 6.54 Å². The Morgan fingerprint density at radius 1 is 0.968 bits per heavy atom. The number of aromatic nitrogens is 2. The molecule has 1 saturated heterocycles. The highest BCUT2D eigenvalue weighted by molar-refractivity contribution is 6.33. The van der Waals surface area contributed by atoms with E-state index in [0.29, 0.717) is 5.92 Å². The minimum atomic E-state index is 0.645. The predicted octanol–water partition coefficient (Wildman–Crippen LogP) is 5.72. The first kappa shape index (κ1) is 22.1. The van der Waals surface area contributed by atoms with E-state index in [1.807, 2.05) is 42.5 Å². The van der Waals surface area contributed by atoms with Crippen LogP contribution >= 0.6 is 23.2 Å². The Balaban J connectivity index is 1.48. The van der Waals surface area contributed by atoms with Gasteiger partial charge in [0.15, 0.2) is 11.6 Å². The van der Waals surface area contributed by atoms with Crippen LogP contribution in [0.4, 0.5) is 11.6 Å². The minimum absolute atomic E-state index is 0.645. The maximum atomic E-state index is 6.36. The van der Waals surface area contributed by atoms with Crippen molar-refractivity contribution < 1.29 is 0 Å². The Bertz CT molecular complexity index is 1030. The minimum Gasteiger partial charge on any atom is -0.367 e. The molecular weight excluding hydrogens is 429 g/mol. The van der Waals surface area contributed by atoms with E-state index in [1.54, 1.807) is 0 Å². The van der Waals surface area contributed by atoms with Gasteiger partial charge in [-0.1, -0.05) is 49.2 Å². The lowest BCUT2D eigenvalue weighted by Gasteiger charge is -2.36. The molecule has 0 unspecified atom stereocenters. The summed E-state index contributed by atoms with van der Waals surface area (Å²) in [4.78, 5) is 14.6. The lowest BCUT2D eigenvalue weighted by atomic mass is 10.1. The van der Waals surface area contributed by atoms with Gasteiger partial charge in [-0.15, -0.1) is 0 Å². The smallest absolute Gasteiger partial charge is 0.172 e. The average molecular weight is 458 g/mol. The highest BCUT2D eigenvalue weighted by Crippen LogP contribution is 2.27. The van der Waals surface area contributed by atoms with E-state index in [4.69, 9.17) is 33.2 Å². The molecule has 1 N–H and O–H groups in total. The average Bonchev–Trinajstić information content (AvgIpc) is 2.76. The number of hydrogen-bond acceptors (Lipinski definition) is 5. The number of nitrogens with zero attached hydrogens (tertiary/aromatic N) is 4. The standard InChI is InChI=1S/C24H29Cl2N5/c1-17(2)9-10-27-23-24(29-22-6-4-3-5-21(22)28-23)31-13-11-30(12-14-31)16-18-15-19(25)7-8-20(18)26/h3-8,15,17H,9-14,16H2,1-2H3,(H,27,28). The highest BCUT2D eigenvalue weighted by atomic mass is 35.5. The quantitative estimate of drug-likeness (QED) is 0.491. The molecule has 0 spiro atoms. The number of anilines is 2. The molecule has 2 heterocycles. The summed E-state index contributed by atoms with van der Waals surface area (Å²) in [5.74, 6) is 2.47. The third-order valence-electron chi connectivity index (χ3n) is 5.64. The van der Waals surface area contributed by atoms with Crippen molar-refractivity contribution in [2.75, 3.05) is 42.9 Å². The third-order valence-corrected chi connectivity index (χ3v) is 6.24. The first-order valence-electron chi connectivity index (χ1n) is 10.9. The van der Waals surface area contributed by atoms with Crippen LogP contribution in [0.1, 0.15) is 25.8 Å². The predicted molar refractivity (Wildman–Crippen MR) is 131 cm³/mol. The summed E-state index contributed by atoms with van der Waals surface area (Å²) in [5.41, 5.74) is 2.93. The van der Waals surface area contributed by atoms with Crippen molar-refractivity contribution in [1.29, 1.82) is 0 Å². The molecule has 0 aliphatic carbocycles. The first-order chi connectivity index (χ1) is 15.0. The zero-order chi connectivity index (χ0) is 21.8. The molecule has 1 aliphatic rings. The van der Waals surface area contributed by atoms with Crippen molar-refractivity contribution >= 4 is 45.9 Å². The molecule has 0 bridgehead atoms. The normalized spacial score (nSPS) is 15.1. The second kappa shape index (κ2) is 10.0. The van der Waals surface area contributed by atoms with Gasteiger partial charge in [0.05, 0.1) is 11.0 Å². The second-order valence-corrected chi connectivity index (χ2v) is 9.34. The van der Waals surface area contributed by atoms with E-state index < -0.39 is 0 Å². The Labute approximate surface area is 194 Å². The molecule has 4 rings (SSSR count). The van der Waals surface area contributed by atoms with Crippen LogP contribution in [0.25, 0.3) is 11.0 Å². The number of benzene rings is 2. The van der Waals surface area contributed by atoms with Gasteiger partial charge >= 0.3 is 0 Å². The van der Waals surface area contributed by atoms with Gasteiger partial charge in [-0.25, -0.2) is 9.97 Å². The molecule has 7 heteroatoms. The lowest BCUT2D eigenvalue weighted by Crippen LogP contribution is -2.46. The summed E-state index contributed by atoms with van der Waals surface area (Å²) in [5, 5.41) is 5.03. The van der Waals surface area contributed by atoms with Crippen LogP contribution in [0.5, 0.6) is 0 Å². The van der Waals surface area contributed by atoms with E-state index in [1.165, 1.54) is 0 Å². The largest absolute Gasteiger partial charge is 0.367 e. The van der Waals surface area contributed by atoms with E-state index in [-0.39, 0.29) is 0 Å². The van der Waals surface area contributed by atoms with E-state index in [9.17, 15) is 0 Å². The van der Waals surface area contributed by atoms with Gasteiger partial charge in [0, 0.05) is 49.3 Å². The maximum absolute atomic E-state index is 6.36. The van der Waals surface area contributed by atoms with Gasteiger partial charge < -0.3 is 10.2 Å². The summed E-state index contributed by atoms with van der Waals surface area (Å²) in [6.45, 7) is 9.82. The number of fused-ring (bicyclic) bond motifs is 1. The Morgan fingerprint density at radius 2 is 1.68 bits per heavy atom. The number of rotatable bonds is 7. The molecule has 1 aliphatic heterocycles. The molecule has 0 atom stereocenters. The van der Waals surface area contributed by atoms with Gasteiger partial charge in [0.2, 0.25) is 0 Å². The van der Waals surface area contributed by atoms with Gasteiger partial charge in [-0.3, -0.25) is 4.90 Å². The fraction of sp³-hybridized carbons (Fsp3) is 0.417. The van der Waals surface area contributed by atoms with Crippen LogP contribution in [0.15, 0.2) is 42.5 Å². The molecule has 1 fully saturated rings. The summed E-state index contributed by atoms with van der Waals surface area (Å²) < 4.78 is 0. The van der Waals surface area contributed by atoms with E-state index in [0.717, 1.165) is 84.0 Å². The molecule has 0 saturated carbocycles. The van der Waals surface area contributed by atoms with E-state index in [2.05, 4.69) is 29.0 Å². The monoisotopic (exact) mass is 457 g/mol. The van der Waals surface area contributed by atoms with Crippen molar-refractivity contribution in [3.63, 3.8) is 0 Å². The van der Waals surface area contributed by atoms with Gasteiger partial charge in [0.25, 0.3) is 0 Å². The van der Waals surface area contributed by atoms with Crippen LogP contribution in [-0.4, -0.2) is 47.6 Å². The zero-order valence-corrected chi connectivity index (χ0v) is 19.6. The van der Waals surface area contributed by atoms with Crippen LogP contribution in [0.3, 0.4) is 0 Å². The van der Waals surface area contributed by atoms with Gasteiger partial charge in [-0.2, -0.15) is 0 Å². The molecule has 0 radical (unpaired) electrons. The SMILES string of the molecule is CC(C)CCNc1nc2ccccc2nc1N1CCN(Cc2cc(Cl)ccc2Cl)CC1. The number of nitrogens with one attached hydrogen (secondary N) is 1. The fourth-order valence-electron chi connectivity index (χ4n) is 3.83. The number of hydrogen-bond donors (Lipinski definition) is 1. The Kier molecular flexibility index (Phi) is 7.16. The maximum Gasteiger partial charge on any atom is 0.172 e. The van der Waals surface area contributed by atoms with Crippen molar-refractivity contribution in [1.82, 2.24) is 14.9 Å². The lowest BCUT2D eigenvalue weighted by molar-refractivity contribution is 0.249. The summed E-state index contributed by atoms with van der Waals surface area (Å²) in [6.07, 6.45) is 1.10. The number of halogens is 2. The summed E-state index contributed by atoms with van der Waals surface area (Å²) >= 11 is 12.5. The third kappa shape index (κ3) is 5.59. The highest BCUT2D eigenvalue weighted by Gasteiger charge is 2.22. The molecule has 3 aromatic rings. The van der Waals surface area contributed by atoms with Crippen LogP contribution < -0.4 is 10.2 Å². The number of para-hydroxylation sites is 2. The molecule has 0 amide bonds. The van der Waals surface area contributed by atoms with Gasteiger partial charge in [-0.05, 0) is 48.2 Å². The van der Waals surface area contributed by atoms with Crippen molar-refractivity contribution in [3.8, 4) is 0 Å². The van der Waals surface area contributed by atoms with Crippen molar-refractivity contribution in [2.24, 2.45) is 5.92 Å². The molecule has 164 valence electrons. The summed E-state index contributed by atoms with van der Waals surface area (Å²) in [6, 6.07) is 13.7. The second-order valence-electron chi connectivity index (χ2n) is 8.49. The molecular formula is C24H29Cl2N5. The van der Waals surface area contributed by atoms with Crippen LogP contribution in [0.2, 0.25) is 10.0 Å². The topological polar surface area (TPSA) is 44.3 Å². The molecule has 31 heavy (non-hydrogen) atoms. The molecule has 5 nitrogen and oxygen atoms in total.